The van der Waals surface area contributed by atoms with Gasteiger partial charge in [-0.3, -0.25) is 0 Å². The van der Waals surface area contributed by atoms with Crippen molar-refractivity contribution in [2.75, 3.05) is 7.05 Å². The van der Waals surface area contributed by atoms with Crippen LogP contribution in [0.3, 0.4) is 0 Å². The third-order valence-electron chi connectivity index (χ3n) is 2.77. The summed E-state index contributed by atoms with van der Waals surface area (Å²) in [4.78, 5) is 4.45. The molecule has 2 rings (SSSR count). The zero-order valence-electron chi connectivity index (χ0n) is 10.2. The average molecular weight is 285 g/mol. The van der Waals surface area contributed by atoms with E-state index in [-0.39, 0.29) is 16.9 Å². The Morgan fingerprint density at radius 1 is 1.50 bits per heavy atom. The second-order valence-electron chi connectivity index (χ2n) is 4.09. The monoisotopic (exact) mass is 284 g/mol. The Morgan fingerprint density at radius 3 is 2.83 bits per heavy atom. The second-order valence-corrected chi connectivity index (χ2v) is 5.55. The van der Waals surface area contributed by atoms with E-state index in [0.29, 0.717) is 6.42 Å². The quantitative estimate of drug-likeness (QED) is 0.925. The Kier molecular flexibility index (Phi) is 4.32. The lowest BCUT2D eigenvalue weighted by Crippen LogP contribution is -2.19. The molecule has 0 aliphatic rings. The van der Waals surface area contributed by atoms with Gasteiger partial charge in [-0.25, -0.2) is 9.37 Å². The molecule has 0 saturated carbocycles. The van der Waals surface area contributed by atoms with Crippen LogP contribution in [0.2, 0.25) is 5.02 Å². The molecule has 18 heavy (non-hydrogen) atoms. The van der Waals surface area contributed by atoms with Gasteiger partial charge in [-0.15, -0.1) is 11.3 Å². The molecular formula is C13H14ClFN2S. The Labute approximate surface area is 115 Å². The van der Waals surface area contributed by atoms with E-state index in [1.54, 1.807) is 17.4 Å². The molecule has 1 unspecified atom stereocenters. The molecule has 0 radical (unpaired) electrons. The summed E-state index contributed by atoms with van der Waals surface area (Å²) >= 11 is 7.29. The van der Waals surface area contributed by atoms with Gasteiger partial charge in [-0.1, -0.05) is 17.7 Å². The van der Waals surface area contributed by atoms with Crippen LogP contribution in [0.4, 0.5) is 4.39 Å². The Morgan fingerprint density at radius 2 is 2.28 bits per heavy atom. The summed E-state index contributed by atoms with van der Waals surface area (Å²) in [7, 11) is 1.88. The summed E-state index contributed by atoms with van der Waals surface area (Å²) in [5.41, 5.74) is 1.90. The first-order valence-electron chi connectivity index (χ1n) is 5.63. The molecule has 2 aromatic rings. The normalized spacial score (nSPS) is 12.7. The van der Waals surface area contributed by atoms with Gasteiger partial charge >= 0.3 is 0 Å². The molecule has 1 aromatic carbocycles. The topological polar surface area (TPSA) is 24.9 Å². The van der Waals surface area contributed by atoms with Gasteiger partial charge in [-0.05, 0) is 38.1 Å². The van der Waals surface area contributed by atoms with Crippen molar-refractivity contribution < 1.29 is 4.39 Å². The molecule has 0 saturated heterocycles. The predicted octanol–water partition coefficient (Wildman–Crippen LogP) is 3.75. The molecule has 1 aromatic heterocycles. The van der Waals surface area contributed by atoms with Crippen LogP contribution in [0.15, 0.2) is 23.6 Å². The number of hydrogen-bond acceptors (Lipinski definition) is 3. The van der Waals surface area contributed by atoms with Crippen LogP contribution in [0.1, 0.15) is 22.3 Å². The minimum absolute atomic E-state index is 0.0931. The zero-order chi connectivity index (χ0) is 13.1. The lowest BCUT2D eigenvalue weighted by atomic mass is 10.0. The summed E-state index contributed by atoms with van der Waals surface area (Å²) in [6.07, 6.45) is 0.688. The van der Waals surface area contributed by atoms with Gasteiger partial charge in [0.2, 0.25) is 0 Å². The summed E-state index contributed by atoms with van der Waals surface area (Å²) in [6, 6.07) is 5.00. The summed E-state index contributed by atoms with van der Waals surface area (Å²) < 4.78 is 13.4. The number of halogens is 2. The van der Waals surface area contributed by atoms with Crippen LogP contribution in [-0.2, 0) is 6.42 Å². The SMILES string of the molecule is CNC(Cc1ccc(Cl)c(F)c1)c1csc(C)n1. The minimum Gasteiger partial charge on any atom is -0.311 e. The molecule has 1 atom stereocenters. The van der Waals surface area contributed by atoms with Gasteiger partial charge in [0.15, 0.2) is 0 Å². The minimum atomic E-state index is -0.376. The van der Waals surface area contributed by atoms with E-state index in [0.717, 1.165) is 16.3 Å². The number of rotatable bonds is 4. The molecule has 0 aliphatic heterocycles. The van der Waals surface area contributed by atoms with Crippen LogP contribution >= 0.6 is 22.9 Å². The van der Waals surface area contributed by atoms with E-state index in [4.69, 9.17) is 11.6 Å². The van der Waals surface area contributed by atoms with Crippen LogP contribution in [-0.4, -0.2) is 12.0 Å². The van der Waals surface area contributed by atoms with Crippen molar-refractivity contribution in [3.05, 3.63) is 50.7 Å². The van der Waals surface area contributed by atoms with Crippen LogP contribution < -0.4 is 5.32 Å². The Bertz CT molecular complexity index is 542. The third-order valence-corrected chi connectivity index (χ3v) is 3.86. The van der Waals surface area contributed by atoms with Crippen molar-refractivity contribution in [1.29, 1.82) is 0 Å². The predicted molar refractivity (Wildman–Crippen MR) is 73.8 cm³/mol. The first-order valence-corrected chi connectivity index (χ1v) is 6.89. The maximum absolute atomic E-state index is 13.4. The lowest BCUT2D eigenvalue weighted by Gasteiger charge is -2.14. The van der Waals surface area contributed by atoms with E-state index < -0.39 is 0 Å². The van der Waals surface area contributed by atoms with Gasteiger partial charge < -0.3 is 5.32 Å². The van der Waals surface area contributed by atoms with E-state index in [1.807, 2.05) is 25.4 Å². The van der Waals surface area contributed by atoms with Gasteiger partial charge in [0.25, 0.3) is 0 Å². The summed E-state index contributed by atoms with van der Waals surface area (Å²) in [5.74, 6) is -0.376. The van der Waals surface area contributed by atoms with Gasteiger partial charge in [0, 0.05) is 5.38 Å². The molecule has 5 heteroatoms. The molecule has 1 N–H and O–H groups in total. The maximum Gasteiger partial charge on any atom is 0.142 e. The number of likely N-dealkylation sites (N-methyl/N-ethyl adjacent to an activating group) is 1. The van der Waals surface area contributed by atoms with Gasteiger partial charge in [0.05, 0.1) is 21.8 Å². The standard InChI is InChI=1S/C13H14ClFN2S/c1-8-17-13(7-18-8)12(16-2)6-9-3-4-10(14)11(15)5-9/h3-5,7,12,16H,6H2,1-2H3. The molecule has 0 aliphatic carbocycles. The molecule has 0 bridgehead atoms. The third kappa shape index (κ3) is 3.07. The lowest BCUT2D eigenvalue weighted by molar-refractivity contribution is 0.572. The number of aryl methyl sites for hydroxylation is 1. The second kappa shape index (κ2) is 5.78. The van der Waals surface area contributed by atoms with Crippen molar-refractivity contribution in [3.8, 4) is 0 Å². The number of hydrogen-bond donors (Lipinski definition) is 1. The van der Waals surface area contributed by atoms with Gasteiger partial charge in [-0.2, -0.15) is 0 Å². The summed E-state index contributed by atoms with van der Waals surface area (Å²) in [5, 5.41) is 6.42. The Hall–Kier alpha value is -0.970. The number of aromatic nitrogens is 1. The number of nitrogens with zero attached hydrogens (tertiary/aromatic N) is 1. The highest BCUT2D eigenvalue weighted by Crippen LogP contribution is 2.22. The zero-order valence-corrected chi connectivity index (χ0v) is 11.8. The van der Waals surface area contributed by atoms with Crippen LogP contribution in [0.25, 0.3) is 0 Å². The van der Waals surface area contributed by atoms with Crippen molar-refractivity contribution in [2.45, 2.75) is 19.4 Å². The highest BCUT2D eigenvalue weighted by molar-refractivity contribution is 7.09. The van der Waals surface area contributed by atoms with E-state index in [1.165, 1.54) is 6.07 Å². The molecule has 0 fully saturated rings. The van der Waals surface area contributed by atoms with Crippen LogP contribution in [0, 0.1) is 12.7 Å². The van der Waals surface area contributed by atoms with Crippen molar-refractivity contribution in [1.82, 2.24) is 10.3 Å². The van der Waals surface area contributed by atoms with Crippen molar-refractivity contribution >= 4 is 22.9 Å². The molecule has 1 heterocycles. The fraction of sp³-hybridized carbons (Fsp3) is 0.308. The fourth-order valence-corrected chi connectivity index (χ4v) is 2.58. The maximum atomic E-state index is 13.4. The van der Waals surface area contributed by atoms with E-state index in [2.05, 4.69) is 10.3 Å². The average Bonchev–Trinajstić information content (AvgIpc) is 2.77. The van der Waals surface area contributed by atoms with Gasteiger partial charge in [0.1, 0.15) is 5.82 Å². The first-order chi connectivity index (χ1) is 8.60. The van der Waals surface area contributed by atoms with E-state index >= 15 is 0 Å². The number of thiazole rings is 1. The molecule has 0 spiro atoms. The summed E-state index contributed by atoms with van der Waals surface area (Å²) in [6.45, 7) is 1.98. The van der Waals surface area contributed by atoms with Crippen molar-refractivity contribution in [3.63, 3.8) is 0 Å². The molecule has 96 valence electrons. The Balaban J connectivity index is 2.17. The first kappa shape index (κ1) is 13.5. The largest absolute Gasteiger partial charge is 0.311 e. The molecule has 2 nitrogen and oxygen atoms in total. The fourth-order valence-electron chi connectivity index (χ4n) is 1.80. The highest BCUT2D eigenvalue weighted by Gasteiger charge is 2.14. The number of benzene rings is 1. The molecular weight excluding hydrogens is 271 g/mol. The number of nitrogens with one attached hydrogen (secondary N) is 1. The van der Waals surface area contributed by atoms with Crippen molar-refractivity contribution in [2.24, 2.45) is 0 Å². The van der Waals surface area contributed by atoms with Crippen LogP contribution in [0.5, 0.6) is 0 Å². The highest BCUT2D eigenvalue weighted by atomic mass is 35.5. The smallest absolute Gasteiger partial charge is 0.142 e. The molecule has 0 amide bonds. The van der Waals surface area contributed by atoms with E-state index in [9.17, 15) is 4.39 Å².